The summed E-state index contributed by atoms with van der Waals surface area (Å²) < 4.78 is 0. The first-order valence-corrected chi connectivity index (χ1v) is 7.62. The molecule has 3 rings (SSSR count). The first kappa shape index (κ1) is 14.0. The zero-order valence-corrected chi connectivity index (χ0v) is 12.7. The maximum absolute atomic E-state index is 6.07. The third kappa shape index (κ3) is 2.63. The van der Waals surface area contributed by atoms with E-state index < -0.39 is 0 Å². The van der Waals surface area contributed by atoms with Gasteiger partial charge in [-0.3, -0.25) is 0 Å². The van der Waals surface area contributed by atoms with Crippen molar-refractivity contribution in [3.8, 4) is 0 Å². The van der Waals surface area contributed by atoms with Crippen molar-refractivity contribution in [2.45, 2.75) is 32.7 Å². The molecule has 2 N–H and O–H groups in total. The lowest BCUT2D eigenvalue weighted by molar-refractivity contribution is 0.582. The Morgan fingerprint density at radius 3 is 2.86 bits per heavy atom. The Bertz CT molecular complexity index is 638. The van der Waals surface area contributed by atoms with Crippen LogP contribution in [0.15, 0.2) is 30.3 Å². The molecule has 1 unspecified atom stereocenters. The molecule has 0 saturated carbocycles. The van der Waals surface area contributed by atoms with Crippen molar-refractivity contribution in [2.75, 3.05) is 18.0 Å². The second kappa shape index (κ2) is 5.82. The molecule has 1 aliphatic heterocycles. The van der Waals surface area contributed by atoms with Crippen LogP contribution in [0, 0.1) is 6.92 Å². The van der Waals surface area contributed by atoms with E-state index in [1.807, 2.05) is 6.92 Å². The summed E-state index contributed by atoms with van der Waals surface area (Å²) in [6, 6.07) is 10.9. The Labute approximate surface area is 126 Å². The first-order valence-electron chi connectivity index (χ1n) is 7.62. The van der Waals surface area contributed by atoms with E-state index in [9.17, 15) is 0 Å². The standard InChI is InChI=1S/C17H22N4/c1-3-14-10-17(20-12(2)19-14)21-9-8-13-6-4-5-7-15(13)16(21)11-18/h4-7,10,16H,3,8-9,11,18H2,1-2H3. The topological polar surface area (TPSA) is 55.0 Å². The lowest BCUT2D eigenvalue weighted by Crippen LogP contribution is -2.40. The normalized spacial score (nSPS) is 17.7. The van der Waals surface area contributed by atoms with Gasteiger partial charge in [0.05, 0.1) is 6.04 Å². The monoisotopic (exact) mass is 282 g/mol. The molecule has 4 heteroatoms. The molecular weight excluding hydrogens is 260 g/mol. The number of rotatable bonds is 3. The predicted molar refractivity (Wildman–Crippen MR) is 85.4 cm³/mol. The van der Waals surface area contributed by atoms with Crippen LogP contribution in [0.3, 0.4) is 0 Å². The summed E-state index contributed by atoms with van der Waals surface area (Å²) in [7, 11) is 0. The molecule has 110 valence electrons. The van der Waals surface area contributed by atoms with Gasteiger partial charge in [-0.2, -0.15) is 0 Å². The predicted octanol–water partition coefficient (Wildman–Crippen LogP) is 2.41. The van der Waals surface area contributed by atoms with Crippen LogP contribution >= 0.6 is 0 Å². The molecule has 0 aliphatic carbocycles. The first-order chi connectivity index (χ1) is 10.2. The molecule has 0 spiro atoms. The van der Waals surface area contributed by atoms with Crippen molar-refractivity contribution in [1.29, 1.82) is 0 Å². The SMILES string of the molecule is CCc1cc(N2CCc3ccccc3C2CN)nc(C)n1. The number of benzene rings is 1. The molecular formula is C17H22N4. The minimum absolute atomic E-state index is 0.203. The minimum atomic E-state index is 0.203. The molecule has 0 amide bonds. The fourth-order valence-corrected chi connectivity index (χ4v) is 3.12. The van der Waals surface area contributed by atoms with Crippen LogP contribution in [-0.4, -0.2) is 23.1 Å². The van der Waals surface area contributed by atoms with Gasteiger partial charge in [0.15, 0.2) is 0 Å². The summed E-state index contributed by atoms with van der Waals surface area (Å²) in [4.78, 5) is 11.4. The van der Waals surface area contributed by atoms with Gasteiger partial charge in [-0.25, -0.2) is 9.97 Å². The quantitative estimate of drug-likeness (QED) is 0.939. The molecule has 1 aromatic carbocycles. The Morgan fingerprint density at radius 2 is 2.10 bits per heavy atom. The average molecular weight is 282 g/mol. The molecule has 0 saturated heterocycles. The minimum Gasteiger partial charge on any atom is -0.348 e. The highest BCUT2D eigenvalue weighted by atomic mass is 15.2. The van der Waals surface area contributed by atoms with Gasteiger partial charge < -0.3 is 10.6 Å². The van der Waals surface area contributed by atoms with E-state index in [2.05, 4.69) is 52.1 Å². The molecule has 1 aromatic heterocycles. The Hall–Kier alpha value is -1.94. The number of hydrogen-bond donors (Lipinski definition) is 1. The molecule has 0 radical (unpaired) electrons. The number of fused-ring (bicyclic) bond motifs is 1. The fourth-order valence-electron chi connectivity index (χ4n) is 3.12. The van der Waals surface area contributed by atoms with Crippen molar-refractivity contribution >= 4 is 5.82 Å². The number of aryl methyl sites for hydroxylation is 2. The summed E-state index contributed by atoms with van der Waals surface area (Å²) in [6.07, 6.45) is 1.96. The zero-order chi connectivity index (χ0) is 14.8. The van der Waals surface area contributed by atoms with E-state index >= 15 is 0 Å². The van der Waals surface area contributed by atoms with Crippen LogP contribution in [0.2, 0.25) is 0 Å². The Balaban J connectivity index is 2.01. The van der Waals surface area contributed by atoms with Gasteiger partial charge >= 0.3 is 0 Å². The van der Waals surface area contributed by atoms with E-state index in [4.69, 9.17) is 5.73 Å². The number of aromatic nitrogens is 2. The summed E-state index contributed by atoms with van der Waals surface area (Å²) in [6.45, 7) is 5.63. The van der Waals surface area contributed by atoms with Crippen molar-refractivity contribution in [3.63, 3.8) is 0 Å². The van der Waals surface area contributed by atoms with Gasteiger partial charge in [0, 0.05) is 24.8 Å². The lowest BCUT2D eigenvalue weighted by Gasteiger charge is -2.37. The van der Waals surface area contributed by atoms with E-state index in [1.165, 1.54) is 11.1 Å². The Kier molecular flexibility index (Phi) is 3.88. The number of anilines is 1. The van der Waals surface area contributed by atoms with Crippen molar-refractivity contribution in [2.24, 2.45) is 5.73 Å². The highest BCUT2D eigenvalue weighted by Crippen LogP contribution is 2.32. The average Bonchev–Trinajstić information content (AvgIpc) is 2.53. The van der Waals surface area contributed by atoms with Gasteiger partial charge in [0.25, 0.3) is 0 Å². The van der Waals surface area contributed by atoms with E-state index in [0.29, 0.717) is 6.54 Å². The van der Waals surface area contributed by atoms with E-state index in [-0.39, 0.29) is 6.04 Å². The molecule has 0 bridgehead atoms. The Morgan fingerprint density at radius 1 is 1.29 bits per heavy atom. The molecule has 1 atom stereocenters. The van der Waals surface area contributed by atoms with Gasteiger partial charge in [0.1, 0.15) is 11.6 Å². The van der Waals surface area contributed by atoms with Crippen LogP contribution in [0.4, 0.5) is 5.82 Å². The van der Waals surface area contributed by atoms with Crippen molar-refractivity contribution in [1.82, 2.24) is 9.97 Å². The highest BCUT2D eigenvalue weighted by Gasteiger charge is 2.27. The zero-order valence-electron chi connectivity index (χ0n) is 12.7. The van der Waals surface area contributed by atoms with E-state index in [1.54, 1.807) is 0 Å². The number of nitrogens with two attached hydrogens (primary N) is 1. The van der Waals surface area contributed by atoms with E-state index in [0.717, 1.165) is 36.7 Å². The summed E-state index contributed by atoms with van der Waals surface area (Å²) in [5, 5.41) is 0. The molecule has 0 fully saturated rings. The van der Waals surface area contributed by atoms with Gasteiger partial charge in [-0.1, -0.05) is 31.2 Å². The lowest BCUT2D eigenvalue weighted by atomic mass is 9.92. The molecule has 4 nitrogen and oxygen atoms in total. The fraction of sp³-hybridized carbons (Fsp3) is 0.412. The second-order valence-corrected chi connectivity index (χ2v) is 5.51. The van der Waals surface area contributed by atoms with Crippen LogP contribution in [0.5, 0.6) is 0 Å². The third-order valence-electron chi connectivity index (χ3n) is 4.17. The summed E-state index contributed by atoms with van der Waals surface area (Å²) in [5.41, 5.74) is 9.90. The molecule has 2 aromatic rings. The maximum Gasteiger partial charge on any atom is 0.133 e. The molecule has 2 heterocycles. The summed E-state index contributed by atoms with van der Waals surface area (Å²) in [5.74, 6) is 1.84. The maximum atomic E-state index is 6.07. The third-order valence-corrected chi connectivity index (χ3v) is 4.17. The van der Waals surface area contributed by atoms with Gasteiger partial charge in [-0.05, 0) is 30.9 Å². The summed E-state index contributed by atoms with van der Waals surface area (Å²) >= 11 is 0. The largest absolute Gasteiger partial charge is 0.348 e. The second-order valence-electron chi connectivity index (χ2n) is 5.51. The smallest absolute Gasteiger partial charge is 0.133 e. The molecule has 1 aliphatic rings. The van der Waals surface area contributed by atoms with Crippen molar-refractivity contribution in [3.05, 3.63) is 53.0 Å². The number of hydrogen-bond acceptors (Lipinski definition) is 4. The number of nitrogens with zero attached hydrogens (tertiary/aromatic N) is 3. The van der Waals surface area contributed by atoms with Gasteiger partial charge in [-0.15, -0.1) is 0 Å². The van der Waals surface area contributed by atoms with Crippen LogP contribution < -0.4 is 10.6 Å². The van der Waals surface area contributed by atoms with Gasteiger partial charge in [0.2, 0.25) is 0 Å². The van der Waals surface area contributed by atoms with Crippen LogP contribution in [0.1, 0.15) is 35.6 Å². The highest BCUT2D eigenvalue weighted by molar-refractivity contribution is 5.48. The van der Waals surface area contributed by atoms with Crippen molar-refractivity contribution < 1.29 is 0 Å². The molecule has 21 heavy (non-hydrogen) atoms. The van der Waals surface area contributed by atoms with Crippen LogP contribution in [0.25, 0.3) is 0 Å². The van der Waals surface area contributed by atoms with Crippen LogP contribution in [-0.2, 0) is 12.8 Å².